The van der Waals surface area contributed by atoms with E-state index in [1.54, 1.807) is 20.9 Å². The molecule has 42 heavy (non-hydrogen) atoms. The lowest BCUT2D eigenvalue weighted by Gasteiger charge is -2.33. The number of imide groups is 1. The average molecular weight is 608 g/mol. The van der Waals surface area contributed by atoms with Crippen molar-refractivity contribution in [2.75, 3.05) is 13.6 Å². The summed E-state index contributed by atoms with van der Waals surface area (Å²) in [6.07, 6.45) is -7.53. The smallest absolute Gasteiger partial charge is 0.430 e. The van der Waals surface area contributed by atoms with Crippen LogP contribution in [0.1, 0.15) is 71.4 Å². The molecule has 236 valence electrons. The van der Waals surface area contributed by atoms with Crippen LogP contribution in [0.25, 0.3) is 0 Å². The van der Waals surface area contributed by atoms with Gasteiger partial charge in [0.25, 0.3) is 5.60 Å². The van der Waals surface area contributed by atoms with E-state index in [9.17, 15) is 41.0 Å². The van der Waals surface area contributed by atoms with Gasteiger partial charge in [0.15, 0.2) is 0 Å². The number of aryl methyl sites for hydroxylation is 1. The standard InChI is InChI=1S/C29H39F6N3O4/c1-8-11-20(18-38(25(39)10-3)26(40)37(7)19(4)5)13-16-24(36-6)42-23-15-14-22(17-21(23)12-9-2)27(41,28(30,31)32)29(33,34)35/h11,14-17,19,41H,6,8-10,12-13,18H2,1-5,7H3/b20-11+,24-16+. The SMILES string of the molecule is C=N/C(=C\C/C(=C\CC)CN(C(=O)CC)C(=O)N(C)C(C)C)Oc1ccc(C(O)(C(F)(F)F)C(F)(F)F)cc1CCC. The number of hydrogen-bond acceptors (Lipinski definition) is 5. The maximum Gasteiger partial charge on any atom is 0.430 e. The molecule has 1 aromatic carbocycles. The fraction of sp³-hybridized carbons (Fsp3) is 0.552. The fourth-order valence-electron chi connectivity index (χ4n) is 3.90. The topological polar surface area (TPSA) is 82.4 Å². The molecule has 13 heteroatoms. The van der Waals surface area contributed by atoms with Gasteiger partial charge in [-0.25, -0.2) is 9.79 Å². The zero-order valence-corrected chi connectivity index (χ0v) is 24.7. The van der Waals surface area contributed by atoms with E-state index in [1.807, 2.05) is 26.8 Å². The predicted molar refractivity (Wildman–Crippen MR) is 148 cm³/mol. The van der Waals surface area contributed by atoms with Crippen molar-refractivity contribution in [1.82, 2.24) is 9.80 Å². The Balaban J connectivity index is 3.40. The minimum Gasteiger partial charge on any atom is -0.439 e. The molecule has 0 unspecified atom stereocenters. The molecule has 0 fully saturated rings. The molecule has 7 nitrogen and oxygen atoms in total. The number of halogens is 6. The number of aliphatic hydroxyl groups is 1. The number of urea groups is 1. The molecule has 1 N–H and O–H groups in total. The third kappa shape index (κ3) is 8.83. The maximum atomic E-state index is 13.4. The van der Waals surface area contributed by atoms with Crippen LogP contribution in [0, 0.1) is 0 Å². The molecule has 1 rings (SSSR count). The van der Waals surface area contributed by atoms with Gasteiger partial charge in [-0.15, -0.1) is 0 Å². The van der Waals surface area contributed by atoms with Crippen molar-refractivity contribution >= 4 is 18.7 Å². The fourth-order valence-corrected chi connectivity index (χ4v) is 3.90. The lowest BCUT2D eigenvalue weighted by molar-refractivity contribution is -0.376. The van der Waals surface area contributed by atoms with Crippen LogP contribution >= 0.6 is 0 Å². The first-order chi connectivity index (χ1) is 19.4. The van der Waals surface area contributed by atoms with Gasteiger partial charge in [-0.1, -0.05) is 44.9 Å². The molecule has 0 saturated carbocycles. The van der Waals surface area contributed by atoms with Gasteiger partial charge in [0.2, 0.25) is 11.8 Å². The minimum atomic E-state index is -6.02. The molecule has 1 aromatic rings. The Morgan fingerprint density at radius 3 is 2.12 bits per heavy atom. The maximum absolute atomic E-state index is 13.4. The second kappa shape index (κ2) is 15.2. The van der Waals surface area contributed by atoms with Crippen molar-refractivity contribution in [1.29, 1.82) is 0 Å². The van der Waals surface area contributed by atoms with Crippen molar-refractivity contribution in [3.63, 3.8) is 0 Å². The van der Waals surface area contributed by atoms with Gasteiger partial charge in [0, 0.05) is 25.1 Å². The minimum absolute atomic E-state index is 0.0113. The highest BCUT2D eigenvalue weighted by molar-refractivity contribution is 5.94. The monoisotopic (exact) mass is 607 g/mol. The molecule has 3 amide bonds. The number of carbonyl (C=O) groups excluding carboxylic acids is 2. The van der Waals surface area contributed by atoms with Crippen LogP contribution in [0.4, 0.5) is 31.1 Å². The van der Waals surface area contributed by atoms with Crippen molar-refractivity contribution in [3.05, 3.63) is 52.9 Å². The molecular weight excluding hydrogens is 568 g/mol. The Morgan fingerprint density at radius 1 is 1.07 bits per heavy atom. The van der Waals surface area contributed by atoms with Crippen molar-refractivity contribution in [3.8, 4) is 5.75 Å². The first-order valence-corrected chi connectivity index (χ1v) is 13.5. The Bertz CT molecular complexity index is 1150. The number of rotatable bonds is 13. The molecule has 0 heterocycles. The highest BCUT2D eigenvalue weighted by Crippen LogP contribution is 2.50. The van der Waals surface area contributed by atoms with Gasteiger partial charge >= 0.3 is 18.4 Å². The molecular formula is C29H39F6N3O4. The van der Waals surface area contributed by atoms with Crippen LogP contribution in [0.15, 0.2) is 46.8 Å². The van der Waals surface area contributed by atoms with Gasteiger partial charge in [-0.3, -0.25) is 9.69 Å². The predicted octanol–water partition coefficient (Wildman–Crippen LogP) is 7.30. The van der Waals surface area contributed by atoms with E-state index in [0.717, 1.165) is 11.0 Å². The summed E-state index contributed by atoms with van der Waals surface area (Å²) >= 11 is 0. The summed E-state index contributed by atoms with van der Waals surface area (Å²) in [5.41, 5.74) is -5.80. The van der Waals surface area contributed by atoms with Gasteiger partial charge in [-0.05, 0) is 63.6 Å². The number of ether oxygens (including phenoxy) is 1. The molecule has 0 aliphatic carbocycles. The van der Waals surface area contributed by atoms with E-state index in [1.165, 1.54) is 11.0 Å². The van der Waals surface area contributed by atoms with Crippen molar-refractivity contribution in [2.45, 2.75) is 90.7 Å². The molecule has 0 atom stereocenters. The molecule has 0 bridgehead atoms. The Labute approximate surface area is 242 Å². The Morgan fingerprint density at radius 2 is 1.67 bits per heavy atom. The average Bonchev–Trinajstić information content (AvgIpc) is 2.91. The molecule has 0 radical (unpaired) electrons. The molecule has 0 aliphatic heterocycles. The van der Waals surface area contributed by atoms with E-state index in [-0.39, 0.29) is 55.0 Å². The summed E-state index contributed by atoms with van der Waals surface area (Å²) in [5.74, 6) is -0.537. The van der Waals surface area contributed by atoms with E-state index in [4.69, 9.17) is 4.74 Å². The van der Waals surface area contributed by atoms with Gasteiger partial charge in [-0.2, -0.15) is 26.3 Å². The summed E-state index contributed by atoms with van der Waals surface area (Å²) in [6, 6.07) is 1.41. The largest absolute Gasteiger partial charge is 0.439 e. The number of hydrogen-bond donors (Lipinski definition) is 1. The first kappa shape index (κ1) is 36.7. The molecule has 0 spiro atoms. The van der Waals surface area contributed by atoms with Crippen LogP contribution in [0.5, 0.6) is 5.75 Å². The van der Waals surface area contributed by atoms with Gasteiger partial charge < -0.3 is 14.7 Å². The van der Waals surface area contributed by atoms with Crippen LogP contribution in [0.3, 0.4) is 0 Å². The normalized spacial score (nSPS) is 13.3. The molecule has 0 saturated heterocycles. The zero-order chi connectivity index (χ0) is 32.5. The third-order valence-electron chi connectivity index (χ3n) is 6.49. The number of aliphatic imine (C=N–C) groups is 1. The van der Waals surface area contributed by atoms with E-state index in [0.29, 0.717) is 30.5 Å². The number of amides is 3. The summed E-state index contributed by atoms with van der Waals surface area (Å²) < 4.78 is 86.2. The van der Waals surface area contributed by atoms with E-state index >= 15 is 0 Å². The van der Waals surface area contributed by atoms with Crippen LogP contribution in [-0.2, 0) is 16.8 Å². The van der Waals surface area contributed by atoms with Crippen LogP contribution < -0.4 is 4.74 Å². The highest BCUT2D eigenvalue weighted by Gasteiger charge is 2.71. The van der Waals surface area contributed by atoms with Gasteiger partial charge in [0.1, 0.15) is 5.75 Å². The summed E-state index contributed by atoms with van der Waals surface area (Å²) in [7, 11) is 1.59. The van der Waals surface area contributed by atoms with Crippen molar-refractivity contribution < 1.29 is 45.8 Å². The number of alkyl halides is 6. The quantitative estimate of drug-likeness (QED) is 0.110. The zero-order valence-electron chi connectivity index (χ0n) is 24.7. The Hall–Kier alpha value is -3.35. The molecule has 0 aliphatic rings. The first-order valence-electron chi connectivity index (χ1n) is 13.5. The lowest BCUT2D eigenvalue weighted by atomic mass is 9.90. The third-order valence-corrected chi connectivity index (χ3v) is 6.49. The molecule has 0 aromatic heterocycles. The summed E-state index contributed by atoms with van der Waals surface area (Å²) in [4.78, 5) is 31.9. The van der Waals surface area contributed by atoms with Crippen LogP contribution in [0.2, 0.25) is 0 Å². The Kier molecular flexibility index (Phi) is 13.3. The van der Waals surface area contributed by atoms with E-state index < -0.39 is 29.5 Å². The van der Waals surface area contributed by atoms with Crippen LogP contribution in [-0.4, -0.2) is 65.5 Å². The number of benzene rings is 1. The summed E-state index contributed by atoms with van der Waals surface area (Å²) in [6.45, 7) is 12.2. The summed E-state index contributed by atoms with van der Waals surface area (Å²) in [5, 5.41) is 9.80. The highest BCUT2D eigenvalue weighted by atomic mass is 19.4. The number of allylic oxidation sites excluding steroid dienone is 2. The van der Waals surface area contributed by atoms with Gasteiger partial charge in [0.05, 0.1) is 6.54 Å². The lowest BCUT2D eigenvalue weighted by Crippen LogP contribution is -2.53. The van der Waals surface area contributed by atoms with Crippen molar-refractivity contribution in [2.24, 2.45) is 4.99 Å². The van der Waals surface area contributed by atoms with E-state index in [2.05, 4.69) is 11.7 Å². The second-order valence-electron chi connectivity index (χ2n) is 9.88. The second-order valence-corrected chi connectivity index (χ2v) is 9.88. The number of carbonyl (C=O) groups is 2. The number of nitrogens with zero attached hydrogens (tertiary/aromatic N) is 3.